The highest BCUT2D eigenvalue weighted by Crippen LogP contribution is 2.30. The van der Waals surface area contributed by atoms with Gasteiger partial charge >= 0.3 is 0 Å². The van der Waals surface area contributed by atoms with E-state index in [9.17, 15) is 9.59 Å². The van der Waals surface area contributed by atoms with Crippen LogP contribution in [0.2, 0.25) is 0 Å². The molecule has 0 bridgehead atoms. The summed E-state index contributed by atoms with van der Waals surface area (Å²) in [5.41, 5.74) is 0.631. The maximum absolute atomic E-state index is 12.8. The van der Waals surface area contributed by atoms with E-state index >= 15 is 0 Å². The molecule has 1 aromatic heterocycles. The van der Waals surface area contributed by atoms with Gasteiger partial charge in [0.2, 0.25) is 5.91 Å². The van der Waals surface area contributed by atoms with Gasteiger partial charge in [0, 0.05) is 20.0 Å². The Morgan fingerprint density at radius 3 is 2.67 bits per heavy atom. The van der Waals surface area contributed by atoms with Crippen LogP contribution in [-0.4, -0.2) is 27.4 Å². The van der Waals surface area contributed by atoms with E-state index in [2.05, 4.69) is 0 Å². The van der Waals surface area contributed by atoms with Gasteiger partial charge in [-0.1, -0.05) is 31.9 Å². The number of amides is 1. The van der Waals surface area contributed by atoms with Gasteiger partial charge in [0.25, 0.3) is 5.56 Å². The summed E-state index contributed by atoms with van der Waals surface area (Å²) in [6.45, 7) is 2.03. The van der Waals surface area contributed by atoms with E-state index in [-0.39, 0.29) is 23.4 Å². The van der Waals surface area contributed by atoms with Crippen LogP contribution in [-0.2, 0) is 11.8 Å². The molecule has 24 heavy (non-hydrogen) atoms. The first-order valence-electron chi connectivity index (χ1n) is 8.77. The van der Waals surface area contributed by atoms with Gasteiger partial charge < -0.3 is 4.90 Å². The minimum absolute atomic E-state index is 0.0595. The molecule has 0 N–H and O–H groups in total. The third-order valence-corrected chi connectivity index (χ3v) is 5.22. The maximum Gasteiger partial charge on any atom is 0.261 e. The van der Waals surface area contributed by atoms with Crippen molar-refractivity contribution in [1.82, 2.24) is 14.5 Å². The van der Waals surface area contributed by atoms with Crippen LogP contribution in [0.4, 0.5) is 0 Å². The fourth-order valence-electron chi connectivity index (χ4n) is 3.78. The number of para-hydroxylation sites is 1. The molecule has 0 radical (unpaired) electrons. The van der Waals surface area contributed by atoms with Crippen LogP contribution in [0.1, 0.15) is 50.9 Å². The van der Waals surface area contributed by atoms with E-state index in [1.165, 1.54) is 0 Å². The van der Waals surface area contributed by atoms with Crippen molar-refractivity contribution in [3.63, 3.8) is 0 Å². The highest BCUT2D eigenvalue weighted by Gasteiger charge is 2.31. The Labute approximate surface area is 142 Å². The van der Waals surface area contributed by atoms with E-state index in [0.717, 1.165) is 32.1 Å². The van der Waals surface area contributed by atoms with Gasteiger partial charge in [-0.25, -0.2) is 4.98 Å². The first-order chi connectivity index (χ1) is 11.5. The standard InChI is InChI=1S/C19H25N3O2/c1-4-16(21(2)18(23)13-9-5-6-10-13)17-20-15-12-8-7-11-14(15)19(24)22(17)3/h7-8,11-13,16H,4-6,9-10H2,1-3H3. The number of aromatic nitrogens is 2. The van der Waals surface area contributed by atoms with Crippen LogP contribution < -0.4 is 5.56 Å². The van der Waals surface area contributed by atoms with Crippen LogP contribution in [0.3, 0.4) is 0 Å². The number of fused-ring (bicyclic) bond motifs is 1. The Hall–Kier alpha value is -2.17. The molecule has 1 fully saturated rings. The van der Waals surface area contributed by atoms with Crippen molar-refractivity contribution in [3.05, 3.63) is 40.4 Å². The van der Waals surface area contributed by atoms with E-state index in [1.54, 1.807) is 22.6 Å². The summed E-state index contributed by atoms with van der Waals surface area (Å²) in [4.78, 5) is 31.9. The molecular weight excluding hydrogens is 302 g/mol. The number of rotatable bonds is 4. The van der Waals surface area contributed by atoms with Crippen LogP contribution in [0.15, 0.2) is 29.1 Å². The number of carbonyl (C=O) groups excluding carboxylic acids is 1. The summed E-state index contributed by atoms with van der Waals surface area (Å²) in [7, 11) is 3.59. The van der Waals surface area contributed by atoms with Crippen LogP contribution in [0.25, 0.3) is 10.9 Å². The minimum atomic E-state index is -0.180. The third kappa shape index (κ3) is 2.83. The van der Waals surface area contributed by atoms with Crippen LogP contribution in [0, 0.1) is 5.92 Å². The Kier molecular flexibility index (Phi) is 4.69. The van der Waals surface area contributed by atoms with Crippen molar-refractivity contribution < 1.29 is 4.79 Å². The largest absolute Gasteiger partial charge is 0.335 e. The van der Waals surface area contributed by atoms with E-state index in [1.807, 2.05) is 32.2 Å². The number of carbonyl (C=O) groups is 1. The molecule has 128 valence electrons. The van der Waals surface area contributed by atoms with Crippen LogP contribution in [0.5, 0.6) is 0 Å². The second-order valence-corrected chi connectivity index (χ2v) is 6.71. The van der Waals surface area contributed by atoms with E-state index in [0.29, 0.717) is 16.7 Å². The molecule has 1 saturated carbocycles. The molecular formula is C19H25N3O2. The first kappa shape index (κ1) is 16.7. The normalized spacial score (nSPS) is 16.5. The van der Waals surface area contributed by atoms with Crippen molar-refractivity contribution in [1.29, 1.82) is 0 Å². The molecule has 0 aliphatic heterocycles. The van der Waals surface area contributed by atoms with Gasteiger partial charge in [0.05, 0.1) is 16.9 Å². The van der Waals surface area contributed by atoms with Gasteiger partial charge in [-0.05, 0) is 31.4 Å². The third-order valence-electron chi connectivity index (χ3n) is 5.22. The fourth-order valence-corrected chi connectivity index (χ4v) is 3.78. The predicted molar refractivity (Wildman–Crippen MR) is 94.7 cm³/mol. The van der Waals surface area contributed by atoms with Crippen molar-refractivity contribution in [3.8, 4) is 0 Å². The zero-order valence-corrected chi connectivity index (χ0v) is 14.7. The molecule has 1 heterocycles. The second kappa shape index (κ2) is 6.75. The molecule has 1 unspecified atom stereocenters. The zero-order valence-electron chi connectivity index (χ0n) is 14.7. The van der Waals surface area contributed by atoms with Crippen molar-refractivity contribution in [2.75, 3.05) is 7.05 Å². The summed E-state index contributed by atoms with van der Waals surface area (Å²) in [5, 5.41) is 0.614. The minimum Gasteiger partial charge on any atom is -0.335 e. The lowest BCUT2D eigenvalue weighted by molar-refractivity contribution is -0.136. The lowest BCUT2D eigenvalue weighted by Gasteiger charge is -2.30. The molecule has 0 spiro atoms. The Morgan fingerprint density at radius 2 is 2.00 bits per heavy atom. The molecule has 1 aliphatic rings. The summed E-state index contributed by atoms with van der Waals surface area (Å²) in [6, 6.07) is 7.19. The van der Waals surface area contributed by atoms with Crippen molar-refractivity contribution in [2.45, 2.75) is 45.1 Å². The molecule has 1 atom stereocenters. The molecule has 1 aliphatic carbocycles. The fraction of sp³-hybridized carbons (Fsp3) is 0.526. The molecule has 1 amide bonds. The molecule has 0 saturated heterocycles. The van der Waals surface area contributed by atoms with Gasteiger partial charge in [0.1, 0.15) is 5.82 Å². The zero-order chi connectivity index (χ0) is 17.3. The van der Waals surface area contributed by atoms with Gasteiger partial charge in [-0.3, -0.25) is 14.2 Å². The van der Waals surface area contributed by atoms with E-state index < -0.39 is 0 Å². The predicted octanol–water partition coefficient (Wildman–Crippen LogP) is 3.03. The van der Waals surface area contributed by atoms with Crippen LogP contribution >= 0.6 is 0 Å². The number of hydrogen-bond donors (Lipinski definition) is 0. The molecule has 5 heteroatoms. The lowest BCUT2D eigenvalue weighted by Crippen LogP contribution is -2.38. The Bertz CT molecular complexity index is 806. The van der Waals surface area contributed by atoms with Crippen molar-refractivity contribution >= 4 is 16.8 Å². The monoisotopic (exact) mass is 327 g/mol. The quantitative estimate of drug-likeness (QED) is 0.867. The van der Waals surface area contributed by atoms with Gasteiger partial charge in [-0.2, -0.15) is 0 Å². The average molecular weight is 327 g/mol. The Morgan fingerprint density at radius 1 is 1.33 bits per heavy atom. The van der Waals surface area contributed by atoms with Crippen molar-refractivity contribution in [2.24, 2.45) is 13.0 Å². The second-order valence-electron chi connectivity index (χ2n) is 6.71. The highest BCUT2D eigenvalue weighted by atomic mass is 16.2. The molecule has 5 nitrogen and oxygen atoms in total. The molecule has 2 aromatic rings. The Balaban J connectivity index is 2.01. The van der Waals surface area contributed by atoms with Gasteiger partial charge in [-0.15, -0.1) is 0 Å². The number of hydrogen-bond acceptors (Lipinski definition) is 3. The summed E-state index contributed by atoms with van der Waals surface area (Å²) < 4.78 is 1.59. The average Bonchev–Trinajstić information content (AvgIpc) is 3.13. The smallest absolute Gasteiger partial charge is 0.261 e. The lowest BCUT2D eigenvalue weighted by atomic mass is 10.0. The maximum atomic E-state index is 12.8. The molecule has 3 rings (SSSR count). The number of benzene rings is 1. The summed E-state index contributed by atoms with van der Waals surface area (Å²) in [6.07, 6.45) is 4.95. The molecule has 1 aromatic carbocycles. The van der Waals surface area contributed by atoms with E-state index in [4.69, 9.17) is 4.98 Å². The summed E-state index contributed by atoms with van der Waals surface area (Å²) >= 11 is 0. The van der Waals surface area contributed by atoms with Gasteiger partial charge in [0.15, 0.2) is 0 Å². The SMILES string of the molecule is CCC(c1nc2ccccc2c(=O)n1C)N(C)C(=O)C1CCCC1. The topological polar surface area (TPSA) is 55.2 Å². The first-order valence-corrected chi connectivity index (χ1v) is 8.77. The number of nitrogens with zero attached hydrogens (tertiary/aromatic N) is 3. The highest BCUT2D eigenvalue weighted by molar-refractivity contribution is 5.80. The summed E-state index contributed by atoms with van der Waals surface area (Å²) in [5.74, 6) is 0.971.